The molecule has 5 heteroatoms. The van der Waals surface area contributed by atoms with Gasteiger partial charge in [0.15, 0.2) is 17.4 Å². The molecule has 0 aromatic rings. The molecule has 0 saturated heterocycles. The maximum atomic E-state index is 0. The third-order valence-electron chi connectivity index (χ3n) is 0. The van der Waals surface area contributed by atoms with E-state index in [1.165, 1.54) is 0 Å². The van der Waals surface area contributed by atoms with Crippen LogP contribution in [0.5, 0.6) is 0 Å². The van der Waals surface area contributed by atoms with Gasteiger partial charge in [-0.25, -0.2) is 0 Å². The molecule has 5 heavy (non-hydrogen) atoms. The second kappa shape index (κ2) is 28.1. The van der Waals surface area contributed by atoms with E-state index in [1.807, 2.05) is 0 Å². The summed E-state index contributed by atoms with van der Waals surface area (Å²) in [6.07, 6.45) is 0. The Morgan fingerprint density at radius 2 is 1.00 bits per heavy atom. The van der Waals surface area contributed by atoms with Gasteiger partial charge in [0.05, 0.1) is 0 Å². The van der Waals surface area contributed by atoms with Crippen molar-refractivity contribution in [3.8, 4) is 0 Å². The summed E-state index contributed by atoms with van der Waals surface area (Å²) in [6, 6.07) is 0. The van der Waals surface area contributed by atoms with Gasteiger partial charge in [-0.15, -0.1) is 0 Å². The summed E-state index contributed by atoms with van der Waals surface area (Å²) < 4.78 is 0. The summed E-state index contributed by atoms with van der Waals surface area (Å²) in [5.74, 6) is 0. The van der Waals surface area contributed by atoms with Gasteiger partial charge in [-0.05, 0) is 0 Å². The van der Waals surface area contributed by atoms with Crippen LogP contribution in [0.3, 0.4) is 0 Å². The Morgan fingerprint density at radius 3 is 1.00 bits per heavy atom. The summed E-state index contributed by atoms with van der Waals surface area (Å²) in [6.45, 7) is 0. The predicted molar refractivity (Wildman–Crippen MR) is 18.5 cm³/mol. The Labute approximate surface area is 93.3 Å². The molecule has 0 saturated carbocycles. The van der Waals surface area contributed by atoms with E-state index >= 15 is 0 Å². The molecule has 0 N–H and O–H groups in total. The van der Waals surface area contributed by atoms with E-state index in [2.05, 4.69) is 0 Å². The van der Waals surface area contributed by atoms with Crippen molar-refractivity contribution in [1.82, 2.24) is 0 Å². The van der Waals surface area contributed by atoms with Gasteiger partial charge in [0.1, 0.15) is 0 Å². The fourth-order valence-electron chi connectivity index (χ4n) is 0. The predicted octanol–water partition coefficient (Wildman–Crippen LogP) is -2.11. The van der Waals surface area contributed by atoms with Crippen LogP contribution in [-0.2, 0) is 54.3 Å². The summed E-state index contributed by atoms with van der Waals surface area (Å²) in [5.41, 5.74) is 0. The van der Waals surface area contributed by atoms with E-state index in [4.69, 9.17) is 0 Å². The molecule has 0 rings (SSSR count). The second-order valence-electron chi connectivity index (χ2n) is 0. The third-order valence-corrected chi connectivity index (χ3v) is 0. The van der Waals surface area contributed by atoms with Crippen molar-refractivity contribution in [2.45, 2.75) is 0 Å². The van der Waals surface area contributed by atoms with Gasteiger partial charge >= 0.3 is 23.1 Å². The summed E-state index contributed by atoms with van der Waals surface area (Å²) in [5, 5.41) is 0. The maximum absolute atomic E-state index is 0. The van der Waals surface area contributed by atoms with Crippen molar-refractivity contribution in [2.75, 3.05) is 0 Å². The van der Waals surface area contributed by atoms with E-state index in [1.54, 1.807) is 0 Å². The van der Waals surface area contributed by atoms with Gasteiger partial charge in [-0.3, -0.25) is 0 Å². The second-order valence-corrected chi connectivity index (χ2v) is 0. The quantitative estimate of drug-likeness (QED) is 0.442. The zero-order valence-corrected chi connectivity index (χ0v) is 5.09. The van der Waals surface area contributed by atoms with Crippen LogP contribution < -0.4 is 0 Å². The zero-order chi connectivity index (χ0) is 0. The molecule has 0 unspecified atom stereocenters. The van der Waals surface area contributed by atoms with E-state index in [9.17, 15) is 0 Å². The Kier molecular flexibility index (Phi) is 245. The van der Waals surface area contributed by atoms with E-state index in [-0.39, 0.29) is 94.7 Å². The number of hydrogen-bond donors (Lipinski definition) is 0. The van der Waals surface area contributed by atoms with Crippen LogP contribution in [0, 0.1) is 0 Å². The molecule has 0 aliphatic rings. The minimum Gasteiger partial charge on any atom is 0 e. The van der Waals surface area contributed by atoms with Crippen LogP contribution in [-0.4, -0.2) is 40.4 Å². The molecule has 0 atom stereocenters. The normalized spacial score (nSPS) is 0. The molecular formula is H5AlCoMgMoNi. The van der Waals surface area contributed by atoms with Crippen molar-refractivity contribution in [2.24, 2.45) is 0 Å². The molecular weight excluding hydrogens is 265 g/mol. The van der Waals surface area contributed by atoms with Crippen molar-refractivity contribution in [1.29, 1.82) is 0 Å². The minimum absolute atomic E-state index is 0. The van der Waals surface area contributed by atoms with Crippen LogP contribution in [0.15, 0.2) is 0 Å². The van der Waals surface area contributed by atoms with Crippen molar-refractivity contribution < 1.29 is 54.3 Å². The van der Waals surface area contributed by atoms with Crippen LogP contribution in [0.1, 0.15) is 0 Å². The summed E-state index contributed by atoms with van der Waals surface area (Å²) in [4.78, 5) is 0. The van der Waals surface area contributed by atoms with Gasteiger partial charge in [-0.2, -0.15) is 0 Å². The molecule has 0 amide bonds. The van der Waals surface area contributed by atoms with E-state index < -0.39 is 0 Å². The first-order valence-corrected chi connectivity index (χ1v) is 0. The van der Waals surface area contributed by atoms with Gasteiger partial charge in [-0.1, -0.05) is 0 Å². The van der Waals surface area contributed by atoms with Gasteiger partial charge in [0.25, 0.3) is 0 Å². The van der Waals surface area contributed by atoms with E-state index in [0.29, 0.717) is 0 Å². The van der Waals surface area contributed by atoms with Crippen molar-refractivity contribution in [3.63, 3.8) is 0 Å². The Morgan fingerprint density at radius 1 is 1.00 bits per heavy atom. The van der Waals surface area contributed by atoms with E-state index in [0.717, 1.165) is 0 Å². The first kappa shape index (κ1) is 43.7. The van der Waals surface area contributed by atoms with Crippen LogP contribution in [0.4, 0.5) is 0 Å². The molecule has 0 aromatic heterocycles. The Balaban J connectivity index is 0. The number of rotatable bonds is 0. The Hall–Kier alpha value is 2.99. The molecule has 0 spiro atoms. The summed E-state index contributed by atoms with van der Waals surface area (Å²) in [7, 11) is 0. The Bertz CT molecular complexity index is 11.6. The first-order valence-electron chi connectivity index (χ1n) is 0. The fourth-order valence-corrected chi connectivity index (χ4v) is 0. The topological polar surface area (TPSA) is 0 Å². The smallest absolute Gasteiger partial charge is 0 e. The van der Waals surface area contributed by atoms with Crippen molar-refractivity contribution in [3.05, 3.63) is 0 Å². The van der Waals surface area contributed by atoms with Crippen molar-refractivity contribution >= 4 is 40.4 Å². The van der Waals surface area contributed by atoms with Gasteiger partial charge in [0.2, 0.25) is 0 Å². The van der Waals surface area contributed by atoms with Crippen LogP contribution in [0.25, 0.3) is 0 Å². The van der Waals surface area contributed by atoms with Gasteiger partial charge in [0, 0.05) is 54.3 Å². The molecule has 0 aliphatic carbocycles. The standard InChI is InChI=1S/Al.Co.Mg.Mo.Ni.5H. The SMILES string of the molecule is [AlH3].[Co].[MgH2].[Mo].[Ni]. The average molecular weight is 270 g/mol. The van der Waals surface area contributed by atoms with Crippen LogP contribution in [0.2, 0.25) is 0 Å². The molecule has 0 aliphatic heterocycles. The minimum atomic E-state index is 0. The number of hydrogen-bond acceptors (Lipinski definition) is 0. The molecule has 0 fully saturated rings. The molecule has 0 bridgehead atoms. The maximum Gasteiger partial charge on any atom is 0.316 e. The fraction of sp³-hybridized carbons (Fsp3) is 0. The summed E-state index contributed by atoms with van der Waals surface area (Å²) >= 11 is 0. The molecule has 0 heterocycles. The molecule has 0 aromatic carbocycles. The zero-order valence-electron chi connectivity index (χ0n) is 1.06. The first-order chi connectivity index (χ1) is 0. The monoisotopic (exact) mass is 271 g/mol. The van der Waals surface area contributed by atoms with Crippen LogP contribution >= 0.6 is 0 Å². The third kappa shape index (κ3) is 19.5. The molecule has 0 nitrogen and oxygen atoms in total. The average Bonchev–Trinajstić information content (AvgIpc) is 0. The largest absolute Gasteiger partial charge is 0.316 e. The van der Waals surface area contributed by atoms with Gasteiger partial charge < -0.3 is 0 Å². The molecule has 35 valence electrons. The molecule has 1 radical (unpaired) electrons.